The van der Waals surface area contributed by atoms with Crippen molar-refractivity contribution in [3.05, 3.63) is 105 Å². The van der Waals surface area contributed by atoms with Crippen molar-refractivity contribution < 1.29 is 18.7 Å². The predicted octanol–water partition coefficient (Wildman–Crippen LogP) is 6.01. The van der Waals surface area contributed by atoms with Gasteiger partial charge < -0.3 is 18.8 Å². The van der Waals surface area contributed by atoms with Crippen LogP contribution in [0, 0.1) is 5.92 Å². The molecule has 1 atom stereocenters. The SMILES string of the molecule is COc1ccc(CCN2C(=O)c3oc4ccccc4c(=O)c3[C@H]2c2cccc(OCCC(C)C)c2)cc1. The Morgan fingerprint density at radius 2 is 1.73 bits per heavy atom. The molecule has 190 valence electrons. The lowest BCUT2D eigenvalue weighted by molar-refractivity contribution is 0.0729. The molecule has 2 heterocycles. The van der Waals surface area contributed by atoms with Crippen molar-refractivity contribution in [2.75, 3.05) is 20.3 Å². The van der Waals surface area contributed by atoms with E-state index in [9.17, 15) is 9.59 Å². The molecule has 0 aliphatic carbocycles. The van der Waals surface area contributed by atoms with Crippen molar-refractivity contribution in [2.24, 2.45) is 5.92 Å². The van der Waals surface area contributed by atoms with Gasteiger partial charge >= 0.3 is 0 Å². The molecule has 0 saturated heterocycles. The van der Waals surface area contributed by atoms with Crippen molar-refractivity contribution >= 4 is 16.9 Å². The fourth-order valence-corrected chi connectivity index (χ4v) is 4.77. The summed E-state index contributed by atoms with van der Waals surface area (Å²) in [7, 11) is 1.63. The van der Waals surface area contributed by atoms with Crippen molar-refractivity contribution in [3.8, 4) is 11.5 Å². The van der Waals surface area contributed by atoms with Crippen LogP contribution in [0.4, 0.5) is 0 Å². The number of benzene rings is 3. The molecule has 0 saturated carbocycles. The summed E-state index contributed by atoms with van der Waals surface area (Å²) in [6.07, 6.45) is 1.57. The van der Waals surface area contributed by atoms with Gasteiger partial charge in [-0.2, -0.15) is 0 Å². The number of para-hydroxylation sites is 1. The van der Waals surface area contributed by atoms with Crippen LogP contribution in [-0.4, -0.2) is 31.1 Å². The van der Waals surface area contributed by atoms with E-state index in [1.54, 1.807) is 30.2 Å². The quantitative estimate of drug-likeness (QED) is 0.283. The van der Waals surface area contributed by atoms with Gasteiger partial charge in [0.15, 0.2) is 5.43 Å². The van der Waals surface area contributed by atoms with Crippen molar-refractivity contribution in [1.29, 1.82) is 0 Å². The van der Waals surface area contributed by atoms with Gasteiger partial charge in [0.1, 0.15) is 17.1 Å². The molecule has 0 radical (unpaired) electrons. The van der Waals surface area contributed by atoms with E-state index in [0.717, 1.165) is 29.0 Å². The molecular weight excluding hydrogens is 466 g/mol. The summed E-state index contributed by atoms with van der Waals surface area (Å²) in [6.45, 7) is 5.35. The average molecular weight is 498 g/mol. The van der Waals surface area contributed by atoms with Crippen LogP contribution in [0.25, 0.3) is 11.0 Å². The van der Waals surface area contributed by atoms with E-state index in [4.69, 9.17) is 13.9 Å². The Hall–Kier alpha value is -4.06. The number of carbonyl (C=O) groups excluding carboxylic acids is 1. The van der Waals surface area contributed by atoms with Gasteiger partial charge in [0.25, 0.3) is 5.91 Å². The minimum Gasteiger partial charge on any atom is -0.497 e. The maximum absolute atomic E-state index is 13.7. The third-order valence-corrected chi connectivity index (χ3v) is 6.81. The van der Waals surface area contributed by atoms with Crippen molar-refractivity contribution in [1.82, 2.24) is 4.90 Å². The highest BCUT2D eigenvalue weighted by Crippen LogP contribution is 2.39. The van der Waals surface area contributed by atoms with Gasteiger partial charge in [0.05, 0.1) is 30.7 Å². The smallest absolute Gasteiger partial charge is 0.290 e. The first kappa shape index (κ1) is 24.6. The van der Waals surface area contributed by atoms with E-state index in [-0.39, 0.29) is 17.1 Å². The first-order chi connectivity index (χ1) is 18.0. The highest BCUT2D eigenvalue weighted by molar-refractivity contribution is 5.99. The van der Waals surface area contributed by atoms with Gasteiger partial charge in [-0.1, -0.05) is 50.2 Å². The minimum absolute atomic E-state index is 0.120. The van der Waals surface area contributed by atoms with Crippen LogP contribution in [0.3, 0.4) is 0 Å². The monoisotopic (exact) mass is 497 g/mol. The summed E-state index contributed by atoms with van der Waals surface area (Å²) < 4.78 is 17.3. The Morgan fingerprint density at radius 1 is 0.946 bits per heavy atom. The van der Waals surface area contributed by atoms with E-state index in [0.29, 0.717) is 42.0 Å². The molecule has 6 nitrogen and oxygen atoms in total. The summed E-state index contributed by atoms with van der Waals surface area (Å²) in [6, 6.07) is 22.0. The van der Waals surface area contributed by atoms with Crippen LogP contribution in [0.5, 0.6) is 11.5 Å². The Kier molecular flexibility index (Phi) is 6.99. The number of hydrogen-bond acceptors (Lipinski definition) is 5. The van der Waals surface area contributed by atoms with Crippen LogP contribution < -0.4 is 14.9 Å². The number of nitrogens with zero attached hydrogens (tertiary/aromatic N) is 1. The molecule has 0 fully saturated rings. The molecule has 3 aromatic carbocycles. The molecule has 4 aromatic rings. The maximum atomic E-state index is 13.7. The number of ether oxygens (including phenoxy) is 2. The van der Waals surface area contributed by atoms with Gasteiger partial charge in [-0.25, -0.2) is 0 Å². The molecule has 37 heavy (non-hydrogen) atoms. The fourth-order valence-electron chi connectivity index (χ4n) is 4.77. The molecule has 0 bridgehead atoms. The van der Waals surface area contributed by atoms with Crippen LogP contribution in [0.15, 0.2) is 82.0 Å². The Bertz CT molecular complexity index is 1470. The normalized spacial score (nSPS) is 14.9. The second-order valence-electron chi connectivity index (χ2n) is 9.77. The largest absolute Gasteiger partial charge is 0.497 e. The van der Waals surface area contributed by atoms with Crippen molar-refractivity contribution in [2.45, 2.75) is 32.7 Å². The van der Waals surface area contributed by atoms with Gasteiger partial charge in [0, 0.05) is 6.54 Å². The van der Waals surface area contributed by atoms with E-state index in [1.165, 1.54) is 0 Å². The predicted molar refractivity (Wildman–Crippen MR) is 143 cm³/mol. The van der Waals surface area contributed by atoms with Crippen LogP contribution >= 0.6 is 0 Å². The summed E-state index contributed by atoms with van der Waals surface area (Å²) >= 11 is 0. The molecule has 0 spiro atoms. The van der Waals surface area contributed by atoms with Crippen LogP contribution in [-0.2, 0) is 6.42 Å². The summed E-state index contributed by atoms with van der Waals surface area (Å²) in [5, 5.41) is 0.473. The zero-order valence-electron chi connectivity index (χ0n) is 21.4. The highest BCUT2D eigenvalue weighted by Gasteiger charge is 2.42. The number of amides is 1. The molecule has 0 unspecified atom stereocenters. The standard InChI is InChI=1S/C31H31NO5/c1-20(2)16-18-36-24-8-6-7-22(19-24)28-27-29(33)25-9-4-5-10-26(25)37-30(27)31(34)32(28)17-15-21-11-13-23(35-3)14-12-21/h4-14,19-20,28H,15-18H2,1-3H3/t28-/m1/s1. The maximum Gasteiger partial charge on any atom is 0.290 e. The third kappa shape index (κ3) is 4.96. The van der Waals surface area contributed by atoms with E-state index in [1.807, 2.05) is 54.6 Å². The Morgan fingerprint density at radius 3 is 2.49 bits per heavy atom. The van der Waals surface area contributed by atoms with Crippen LogP contribution in [0.1, 0.15) is 53.6 Å². The minimum atomic E-state index is -0.560. The molecule has 1 aliphatic heterocycles. The Labute approximate surface area is 216 Å². The fraction of sp³-hybridized carbons (Fsp3) is 0.290. The third-order valence-electron chi connectivity index (χ3n) is 6.81. The highest BCUT2D eigenvalue weighted by atomic mass is 16.5. The topological polar surface area (TPSA) is 69.0 Å². The second kappa shape index (κ2) is 10.5. The average Bonchev–Trinajstić information content (AvgIpc) is 3.19. The van der Waals surface area contributed by atoms with E-state index >= 15 is 0 Å². The van der Waals surface area contributed by atoms with Gasteiger partial charge in [-0.05, 0) is 66.3 Å². The Balaban J connectivity index is 1.53. The second-order valence-corrected chi connectivity index (χ2v) is 9.77. The van der Waals surface area contributed by atoms with E-state index in [2.05, 4.69) is 13.8 Å². The molecular formula is C31H31NO5. The number of methoxy groups -OCH3 is 1. The molecule has 6 heteroatoms. The lowest BCUT2D eigenvalue weighted by atomic mass is 9.98. The number of hydrogen-bond donors (Lipinski definition) is 0. The lowest BCUT2D eigenvalue weighted by Gasteiger charge is -2.25. The van der Waals surface area contributed by atoms with Gasteiger partial charge in [-0.15, -0.1) is 0 Å². The number of rotatable bonds is 9. The summed E-state index contributed by atoms with van der Waals surface area (Å²) in [5.74, 6) is 1.88. The van der Waals surface area contributed by atoms with E-state index < -0.39 is 6.04 Å². The molecule has 1 amide bonds. The molecule has 5 rings (SSSR count). The molecule has 1 aromatic heterocycles. The first-order valence-corrected chi connectivity index (χ1v) is 12.7. The zero-order valence-corrected chi connectivity index (χ0v) is 21.4. The first-order valence-electron chi connectivity index (χ1n) is 12.7. The number of carbonyl (C=O) groups is 1. The van der Waals surface area contributed by atoms with Crippen LogP contribution in [0.2, 0.25) is 0 Å². The molecule has 1 aliphatic rings. The zero-order chi connectivity index (χ0) is 25.9. The molecule has 0 N–H and O–H groups in total. The summed E-state index contributed by atoms with van der Waals surface area (Å²) in [4.78, 5) is 29.1. The van der Waals surface area contributed by atoms with Crippen molar-refractivity contribution in [3.63, 3.8) is 0 Å². The summed E-state index contributed by atoms with van der Waals surface area (Å²) in [5.41, 5.74) is 2.53. The van der Waals surface area contributed by atoms with Gasteiger partial charge in [-0.3, -0.25) is 9.59 Å². The number of fused-ring (bicyclic) bond motifs is 2. The lowest BCUT2D eigenvalue weighted by Crippen LogP contribution is -2.31. The van der Waals surface area contributed by atoms with Gasteiger partial charge in [0.2, 0.25) is 5.76 Å².